The molecule has 3 N–H and O–H groups in total. The van der Waals surface area contributed by atoms with E-state index in [0.717, 1.165) is 12.1 Å². The number of hydrogen-bond acceptors (Lipinski definition) is 4. The highest BCUT2D eigenvalue weighted by atomic mass is 16.3. The van der Waals surface area contributed by atoms with Gasteiger partial charge in [-0.15, -0.1) is 0 Å². The molecular formula is C15H19N3O2. The van der Waals surface area contributed by atoms with Crippen molar-refractivity contribution >= 4 is 5.91 Å². The molecular weight excluding hydrogens is 254 g/mol. The summed E-state index contributed by atoms with van der Waals surface area (Å²) in [4.78, 5) is 13.6. The number of hydrazine groups is 1. The molecule has 0 aliphatic rings. The highest BCUT2D eigenvalue weighted by Gasteiger charge is 2.15. The van der Waals surface area contributed by atoms with Gasteiger partial charge in [0.1, 0.15) is 0 Å². The van der Waals surface area contributed by atoms with Gasteiger partial charge in [-0.3, -0.25) is 15.1 Å². The fourth-order valence-corrected chi connectivity index (χ4v) is 2.19. The third-order valence-corrected chi connectivity index (χ3v) is 3.06. The summed E-state index contributed by atoms with van der Waals surface area (Å²) < 4.78 is 5.17. The fourth-order valence-electron chi connectivity index (χ4n) is 2.19. The molecule has 0 fully saturated rings. The molecule has 5 nitrogen and oxygen atoms in total. The molecule has 0 atom stereocenters. The van der Waals surface area contributed by atoms with Crippen LogP contribution in [0.2, 0.25) is 0 Å². The van der Waals surface area contributed by atoms with Crippen molar-refractivity contribution in [3.63, 3.8) is 0 Å². The molecule has 1 amide bonds. The summed E-state index contributed by atoms with van der Waals surface area (Å²) in [7, 11) is 2.00. The van der Waals surface area contributed by atoms with Crippen LogP contribution in [0.15, 0.2) is 41.0 Å². The van der Waals surface area contributed by atoms with Crippen molar-refractivity contribution in [2.24, 2.45) is 5.84 Å². The van der Waals surface area contributed by atoms with Crippen molar-refractivity contribution in [2.75, 3.05) is 7.05 Å². The molecule has 1 aromatic heterocycles. The van der Waals surface area contributed by atoms with E-state index in [0.29, 0.717) is 6.54 Å². The summed E-state index contributed by atoms with van der Waals surface area (Å²) >= 11 is 0. The van der Waals surface area contributed by atoms with Gasteiger partial charge in [0.15, 0.2) is 5.76 Å². The average molecular weight is 273 g/mol. The van der Waals surface area contributed by atoms with E-state index in [1.807, 2.05) is 13.1 Å². The van der Waals surface area contributed by atoms with E-state index in [4.69, 9.17) is 10.3 Å². The third kappa shape index (κ3) is 3.46. The second kappa shape index (κ2) is 6.36. The van der Waals surface area contributed by atoms with Crippen molar-refractivity contribution in [1.29, 1.82) is 0 Å². The first-order valence-electron chi connectivity index (χ1n) is 6.41. The summed E-state index contributed by atoms with van der Waals surface area (Å²) in [5.41, 5.74) is 5.38. The van der Waals surface area contributed by atoms with Gasteiger partial charge < -0.3 is 4.42 Å². The first kappa shape index (κ1) is 14.3. The Morgan fingerprint density at radius 1 is 1.35 bits per heavy atom. The van der Waals surface area contributed by atoms with Crippen LogP contribution in [0.25, 0.3) is 0 Å². The highest BCUT2D eigenvalue weighted by Crippen LogP contribution is 2.14. The highest BCUT2D eigenvalue weighted by molar-refractivity contribution is 5.92. The van der Waals surface area contributed by atoms with Crippen LogP contribution in [0.3, 0.4) is 0 Å². The standard InChI is InChI=1S/C15H19N3O2/c1-11-4-3-5-12(8-11)9-18(2)10-13-6-7-20-14(13)15(19)17-16/h3-8H,9-10,16H2,1-2H3,(H,17,19). The topological polar surface area (TPSA) is 71.5 Å². The minimum Gasteiger partial charge on any atom is -0.459 e. The van der Waals surface area contributed by atoms with Crippen LogP contribution in [0.4, 0.5) is 0 Å². The largest absolute Gasteiger partial charge is 0.459 e. The molecule has 1 heterocycles. The van der Waals surface area contributed by atoms with Gasteiger partial charge in [-0.2, -0.15) is 0 Å². The van der Waals surface area contributed by atoms with Gasteiger partial charge in [-0.05, 0) is 25.6 Å². The van der Waals surface area contributed by atoms with Crippen LogP contribution < -0.4 is 11.3 Å². The number of carbonyl (C=O) groups excluding carboxylic acids is 1. The number of rotatable bonds is 5. The van der Waals surface area contributed by atoms with Crippen LogP contribution in [0, 0.1) is 6.92 Å². The SMILES string of the molecule is Cc1cccc(CN(C)Cc2ccoc2C(=O)NN)c1. The molecule has 0 radical (unpaired) electrons. The molecule has 0 saturated carbocycles. The maximum absolute atomic E-state index is 11.5. The first-order chi connectivity index (χ1) is 9.60. The molecule has 0 spiro atoms. The maximum atomic E-state index is 11.5. The minimum atomic E-state index is -0.408. The minimum absolute atomic E-state index is 0.267. The summed E-state index contributed by atoms with van der Waals surface area (Å²) in [5, 5.41) is 0. The lowest BCUT2D eigenvalue weighted by Crippen LogP contribution is -2.31. The zero-order valence-corrected chi connectivity index (χ0v) is 11.7. The smallest absolute Gasteiger partial charge is 0.301 e. The second-order valence-corrected chi connectivity index (χ2v) is 4.91. The van der Waals surface area contributed by atoms with Crippen molar-refractivity contribution in [1.82, 2.24) is 10.3 Å². The van der Waals surface area contributed by atoms with E-state index in [2.05, 4.69) is 35.4 Å². The maximum Gasteiger partial charge on any atom is 0.301 e. The van der Waals surface area contributed by atoms with Gasteiger partial charge in [0.05, 0.1) is 6.26 Å². The number of nitrogens with one attached hydrogen (secondary N) is 1. The van der Waals surface area contributed by atoms with Crippen LogP contribution in [0.5, 0.6) is 0 Å². The van der Waals surface area contributed by atoms with Crippen LogP contribution >= 0.6 is 0 Å². The molecule has 106 valence electrons. The van der Waals surface area contributed by atoms with Gasteiger partial charge in [0.25, 0.3) is 0 Å². The predicted octanol–water partition coefficient (Wildman–Crippen LogP) is 1.82. The Balaban J connectivity index is 2.03. The van der Waals surface area contributed by atoms with E-state index < -0.39 is 5.91 Å². The van der Waals surface area contributed by atoms with Crippen LogP contribution in [-0.2, 0) is 13.1 Å². The summed E-state index contributed by atoms with van der Waals surface area (Å²) in [5.74, 6) is 4.99. The van der Waals surface area contributed by atoms with Gasteiger partial charge in [0.2, 0.25) is 0 Å². The first-order valence-corrected chi connectivity index (χ1v) is 6.41. The zero-order valence-electron chi connectivity index (χ0n) is 11.7. The average Bonchev–Trinajstić information content (AvgIpc) is 2.85. The molecule has 5 heteroatoms. The summed E-state index contributed by atoms with van der Waals surface area (Å²) in [6.07, 6.45) is 1.50. The van der Waals surface area contributed by atoms with Crippen molar-refractivity contribution in [3.05, 3.63) is 59.0 Å². The molecule has 0 unspecified atom stereocenters. The van der Waals surface area contributed by atoms with E-state index in [-0.39, 0.29) is 5.76 Å². The number of aryl methyl sites for hydroxylation is 1. The number of hydrogen-bond donors (Lipinski definition) is 2. The molecule has 20 heavy (non-hydrogen) atoms. The van der Waals surface area contributed by atoms with Gasteiger partial charge in [-0.25, -0.2) is 5.84 Å². The van der Waals surface area contributed by atoms with Gasteiger partial charge in [-0.1, -0.05) is 29.8 Å². The normalized spacial score (nSPS) is 10.8. The Kier molecular flexibility index (Phi) is 4.55. The quantitative estimate of drug-likeness (QED) is 0.495. The van der Waals surface area contributed by atoms with E-state index in [1.54, 1.807) is 6.07 Å². The lowest BCUT2D eigenvalue weighted by Gasteiger charge is -2.16. The second-order valence-electron chi connectivity index (χ2n) is 4.91. The van der Waals surface area contributed by atoms with Crippen molar-refractivity contribution in [2.45, 2.75) is 20.0 Å². The van der Waals surface area contributed by atoms with Gasteiger partial charge >= 0.3 is 5.91 Å². The molecule has 0 saturated heterocycles. The van der Waals surface area contributed by atoms with Gasteiger partial charge in [0, 0.05) is 18.7 Å². The number of benzene rings is 1. The zero-order chi connectivity index (χ0) is 14.5. The Labute approximate surface area is 118 Å². The molecule has 2 aromatic rings. The Bertz CT molecular complexity index is 592. The van der Waals surface area contributed by atoms with E-state index in [9.17, 15) is 4.79 Å². The number of furan rings is 1. The number of nitrogen functional groups attached to an aromatic ring is 1. The van der Waals surface area contributed by atoms with Crippen LogP contribution in [0.1, 0.15) is 27.2 Å². The number of nitrogens with zero attached hydrogens (tertiary/aromatic N) is 1. The Hall–Kier alpha value is -2.11. The van der Waals surface area contributed by atoms with E-state index >= 15 is 0 Å². The molecule has 0 aliphatic heterocycles. The lowest BCUT2D eigenvalue weighted by atomic mass is 10.1. The number of nitrogens with two attached hydrogens (primary N) is 1. The predicted molar refractivity (Wildman–Crippen MR) is 76.7 cm³/mol. The molecule has 0 bridgehead atoms. The van der Waals surface area contributed by atoms with Crippen molar-refractivity contribution < 1.29 is 9.21 Å². The lowest BCUT2D eigenvalue weighted by molar-refractivity contribution is 0.0923. The summed E-state index contributed by atoms with van der Waals surface area (Å²) in [6, 6.07) is 10.1. The van der Waals surface area contributed by atoms with E-state index in [1.165, 1.54) is 17.4 Å². The number of carbonyl (C=O) groups is 1. The van der Waals surface area contributed by atoms with Crippen molar-refractivity contribution in [3.8, 4) is 0 Å². The third-order valence-electron chi connectivity index (χ3n) is 3.06. The molecule has 0 aliphatic carbocycles. The Morgan fingerprint density at radius 2 is 2.15 bits per heavy atom. The number of amides is 1. The van der Waals surface area contributed by atoms with Crippen LogP contribution in [-0.4, -0.2) is 17.9 Å². The fraction of sp³-hybridized carbons (Fsp3) is 0.267. The Morgan fingerprint density at radius 3 is 2.85 bits per heavy atom. The summed E-state index contributed by atoms with van der Waals surface area (Å²) in [6.45, 7) is 3.49. The molecule has 2 rings (SSSR count). The monoisotopic (exact) mass is 273 g/mol. The molecule has 1 aromatic carbocycles.